The summed E-state index contributed by atoms with van der Waals surface area (Å²) in [4.78, 5) is 15.3. The van der Waals surface area contributed by atoms with E-state index >= 15 is 0 Å². The van der Waals surface area contributed by atoms with Crippen LogP contribution in [0.5, 0.6) is 0 Å². The van der Waals surface area contributed by atoms with E-state index in [2.05, 4.69) is 162 Å². The average Bonchev–Trinajstić information content (AvgIpc) is 3.84. The first kappa shape index (κ1) is 32.4. The molecule has 0 amide bonds. The van der Waals surface area contributed by atoms with E-state index in [-0.39, 0.29) is 0 Å². The molecule has 0 saturated carbocycles. The molecule has 3 heterocycles. The largest absolute Gasteiger partial charge is 0.456 e. The van der Waals surface area contributed by atoms with E-state index in [0.717, 1.165) is 77.2 Å². The fourth-order valence-corrected chi connectivity index (χ4v) is 8.68. The van der Waals surface area contributed by atoms with Crippen LogP contribution < -0.4 is 0 Å². The Kier molecular flexibility index (Phi) is 7.16. The molecule has 5 nitrogen and oxygen atoms in total. The molecule has 12 rings (SSSR count). The summed E-state index contributed by atoms with van der Waals surface area (Å²) in [6, 6.07) is 68.0. The molecule has 3 aromatic heterocycles. The van der Waals surface area contributed by atoms with Crippen molar-refractivity contribution in [3.8, 4) is 51.0 Å². The molecule has 58 heavy (non-hydrogen) atoms. The number of para-hydroxylation sites is 1. The third-order valence-corrected chi connectivity index (χ3v) is 11.4. The lowest BCUT2D eigenvalue weighted by Gasteiger charge is -2.12. The Labute approximate surface area is 333 Å². The second-order valence-electron chi connectivity index (χ2n) is 14.8. The van der Waals surface area contributed by atoms with Gasteiger partial charge in [-0.3, -0.25) is 0 Å². The van der Waals surface area contributed by atoms with Crippen LogP contribution in [0.15, 0.2) is 199 Å². The van der Waals surface area contributed by atoms with E-state index < -0.39 is 0 Å². The van der Waals surface area contributed by atoms with Crippen LogP contribution in [0, 0.1) is 0 Å². The highest BCUT2D eigenvalue weighted by Gasteiger charge is 2.21. The summed E-state index contributed by atoms with van der Waals surface area (Å²) < 4.78 is 9.09. The molecule has 5 heteroatoms. The van der Waals surface area contributed by atoms with Crippen molar-refractivity contribution in [3.63, 3.8) is 0 Å². The summed E-state index contributed by atoms with van der Waals surface area (Å²) in [6.07, 6.45) is 0. The minimum absolute atomic E-state index is 0.607. The molecule has 0 bridgehead atoms. The molecule has 0 spiro atoms. The summed E-state index contributed by atoms with van der Waals surface area (Å²) >= 11 is 0. The van der Waals surface area contributed by atoms with E-state index in [0.29, 0.717) is 17.5 Å². The van der Waals surface area contributed by atoms with Crippen LogP contribution in [0.3, 0.4) is 0 Å². The van der Waals surface area contributed by atoms with E-state index in [1.54, 1.807) is 0 Å². The molecule has 0 N–H and O–H groups in total. The quantitative estimate of drug-likeness (QED) is 0.176. The Morgan fingerprint density at radius 3 is 1.74 bits per heavy atom. The molecular formula is C53H32N4O. The highest BCUT2D eigenvalue weighted by molar-refractivity contribution is 6.23. The Bertz CT molecular complexity index is 3570. The second kappa shape index (κ2) is 12.8. The van der Waals surface area contributed by atoms with Crippen molar-refractivity contribution in [2.24, 2.45) is 0 Å². The number of fused-ring (bicyclic) bond motifs is 9. The fraction of sp³-hybridized carbons (Fsp3) is 0. The molecule has 12 aromatic rings. The van der Waals surface area contributed by atoms with Gasteiger partial charge in [0.15, 0.2) is 17.5 Å². The average molecular weight is 741 g/mol. The molecule has 0 aliphatic heterocycles. The number of furan rings is 1. The highest BCUT2D eigenvalue weighted by atomic mass is 16.3. The van der Waals surface area contributed by atoms with Gasteiger partial charge in [0.2, 0.25) is 0 Å². The van der Waals surface area contributed by atoms with Gasteiger partial charge in [-0.1, -0.05) is 146 Å². The number of nitrogens with zero attached hydrogens (tertiary/aromatic N) is 4. The molecule has 270 valence electrons. The van der Waals surface area contributed by atoms with Crippen molar-refractivity contribution in [1.82, 2.24) is 19.5 Å². The van der Waals surface area contributed by atoms with Gasteiger partial charge in [0, 0.05) is 32.8 Å². The standard InChI is InChI=1S/C53H32N4O/c1-3-13-33(14-4-1)36-19-11-20-39(29-36)52-54-51(35-15-5-2-6-16-35)55-53(56-52)40-26-25-34-27-28-48-49(42(34)31-40)50-45(23-12-24-47(50)58-48)57-44-22-10-9-21-41(44)43-30-37-17-7-8-18-38(37)32-46(43)57/h1-32H. The molecule has 0 atom stereocenters. The van der Waals surface area contributed by atoms with Gasteiger partial charge in [-0.2, -0.15) is 0 Å². The van der Waals surface area contributed by atoms with Crippen LogP contribution in [0.4, 0.5) is 0 Å². The SMILES string of the molecule is c1ccc(-c2cccc(-c3nc(-c4ccccc4)nc(-c4ccc5ccc6oc7cccc(-n8c9ccccc9c9cc%10ccccc%10cc98)c7c6c5c4)n3)c2)cc1. The van der Waals surface area contributed by atoms with Gasteiger partial charge < -0.3 is 8.98 Å². The minimum Gasteiger partial charge on any atom is -0.456 e. The van der Waals surface area contributed by atoms with Crippen LogP contribution in [0.25, 0.3) is 116 Å². The van der Waals surface area contributed by atoms with Gasteiger partial charge >= 0.3 is 0 Å². The van der Waals surface area contributed by atoms with Crippen molar-refractivity contribution in [3.05, 3.63) is 194 Å². The zero-order valence-electron chi connectivity index (χ0n) is 31.2. The zero-order valence-corrected chi connectivity index (χ0v) is 31.2. The lowest BCUT2D eigenvalue weighted by molar-refractivity contribution is 0.669. The molecule has 0 aliphatic rings. The summed E-state index contributed by atoms with van der Waals surface area (Å²) in [5, 5.41) is 9.17. The molecule has 0 saturated heterocycles. The summed E-state index contributed by atoms with van der Waals surface area (Å²) in [7, 11) is 0. The highest BCUT2D eigenvalue weighted by Crippen LogP contribution is 2.42. The van der Waals surface area contributed by atoms with Gasteiger partial charge in [0.05, 0.1) is 22.1 Å². The lowest BCUT2D eigenvalue weighted by Crippen LogP contribution is -2.00. The van der Waals surface area contributed by atoms with Crippen LogP contribution >= 0.6 is 0 Å². The molecule has 0 radical (unpaired) electrons. The number of hydrogen-bond acceptors (Lipinski definition) is 4. The number of aromatic nitrogens is 4. The molecular weight excluding hydrogens is 709 g/mol. The first-order valence-electron chi connectivity index (χ1n) is 19.5. The topological polar surface area (TPSA) is 56.7 Å². The number of benzene rings is 9. The Morgan fingerprint density at radius 2 is 0.931 bits per heavy atom. The first-order chi connectivity index (χ1) is 28.7. The van der Waals surface area contributed by atoms with Crippen LogP contribution in [-0.4, -0.2) is 19.5 Å². The van der Waals surface area contributed by atoms with Crippen LogP contribution in [0.2, 0.25) is 0 Å². The summed E-state index contributed by atoms with van der Waals surface area (Å²) in [6.45, 7) is 0. The van der Waals surface area contributed by atoms with E-state index in [4.69, 9.17) is 19.4 Å². The van der Waals surface area contributed by atoms with Gasteiger partial charge in [0.1, 0.15) is 11.2 Å². The van der Waals surface area contributed by atoms with E-state index in [1.165, 1.54) is 21.5 Å². The smallest absolute Gasteiger partial charge is 0.164 e. The Balaban J connectivity index is 1.10. The van der Waals surface area contributed by atoms with Crippen LogP contribution in [-0.2, 0) is 0 Å². The van der Waals surface area contributed by atoms with Crippen molar-refractivity contribution < 1.29 is 4.42 Å². The Morgan fingerprint density at radius 1 is 0.328 bits per heavy atom. The first-order valence-corrected chi connectivity index (χ1v) is 19.5. The van der Waals surface area contributed by atoms with Gasteiger partial charge in [-0.05, 0) is 81.2 Å². The molecule has 0 aliphatic carbocycles. The molecule has 0 unspecified atom stereocenters. The van der Waals surface area contributed by atoms with Crippen molar-refractivity contribution in [2.75, 3.05) is 0 Å². The fourth-order valence-electron chi connectivity index (χ4n) is 8.68. The van der Waals surface area contributed by atoms with E-state index in [1.807, 2.05) is 36.4 Å². The van der Waals surface area contributed by atoms with Crippen molar-refractivity contribution >= 4 is 65.3 Å². The predicted molar refractivity (Wildman–Crippen MR) is 238 cm³/mol. The zero-order chi connectivity index (χ0) is 38.2. The maximum Gasteiger partial charge on any atom is 0.164 e. The molecule has 9 aromatic carbocycles. The van der Waals surface area contributed by atoms with Crippen molar-refractivity contribution in [2.45, 2.75) is 0 Å². The predicted octanol–water partition coefficient (Wildman–Crippen LogP) is 13.8. The number of hydrogen-bond donors (Lipinski definition) is 0. The third-order valence-electron chi connectivity index (χ3n) is 11.4. The second-order valence-corrected chi connectivity index (χ2v) is 14.8. The van der Waals surface area contributed by atoms with E-state index in [9.17, 15) is 0 Å². The summed E-state index contributed by atoms with van der Waals surface area (Å²) in [5.74, 6) is 1.85. The normalized spacial score (nSPS) is 11.8. The summed E-state index contributed by atoms with van der Waals surface area (Å²) in [5.41, 5.74) is 10.0. The minimum atomic E-state index is 0.607. The lowest BCUT2D eigenvalue weighted by atomic mass is 10.00. The maximum absolute atomic E-state index is 6.69. The Hall–Kier alpha value is -7.89. The maximum atomic E-state index is 6.69. The van der Waals surface area contributed by atoms with Gasteiger partial charge in [-0.25, -0.2) is 15.0 Å². The van der Waals surface area contributed by atoms with Crippen molar-refractivity contribution in [1.29, 1.82) is 0 Å². The van der Waals surface area contributed by atoms with Gasteiger partial charge in [-0.15, -0.1) is 0 Å². The third kappa shape index (κ3) is 5.14. The van der Waals surface area contributed by atoms with Gasteiger partial charge in [0.25, 0.3) is 0 Å². The number of rotatable bonds is 5. The monoisotopic (exact) mass is 740 g/mol. The molecule has 0 fully saturated rings. The van der Waals surface area contributed by atoms with Crippen LogP contribution in [0.1, 0.15) is 0 Å².